The number of fused-ring (bicyclic) bond motifs is 2. The summed E-state index contributed by atoms with van der Waals surface area (Å²) in [5.41, 5.74) is 0.382. The molecule has 2 N–H and O–H groups in total. The first-order chi connectivity index (χ1) is 10.1. The van der Waals surface area contributed by atoms with Crippen molar-refractivity contribution in [1.29, 1.82) is 0 Å². The van der Waals surface area contributed by atoms with Crippen LogP contribution in [0.25, 0.3) is 0 Å². The van der Waals surface area contributed by atoms with Crippen molar-refractivity contribution in [3.05, 3.63) is 29.6 Å². The normalized spacial score (nSPS) is 30.4. The molecule has 0 aromatic heterocycles. The Labute approximate surface area is 123 Å². The van der Waals surface area contributed by atoms with Crippen molar-refractivity contribution in [2.24, 2.45) is 17.8 Å². The third-order valence-electron chi connectivity index (χ3n) is 5.01. The van der Waals surface area contributed by atoms with Crippen molar-refractivity contribution in [3.8, 4) is 5.75 Å². The Balaban J connectivity index is 1.74. The van der Waals surface area contributed by atoms with Crippen LogP contribution < -0.4 is 10.1 Å². The number of carbonyl (C=O) groups excluding carboxylic acids is 1. The van der Waals surface area contributed by atoms with Gasteiger partial charge in [0, 0.05) is 24.1 Å². The third-order valence-corrected chi connectivity index (χ3v) is 5.01. The molecular formula is C16H20FNO3. The minimum absolute atomic E-state index is 0.0253. The summed E-state index contributed by atoms with van der Waals surface area (Å²) >= 11 is 0. The number of amides is 1. The second kappa shape index (κ2) is 5.64. The molecule has 1 amide bonds. The van der Waals surface area contributed by atoms with Gasteiger partial charge in [0.15, 0.2) is 11.6 Å². The Kier molecular flexibility index (Phi) is 3.85. The summed E-state index contributed by atoms with van der Waals surface area (Å²) < 4.78 is 18.3. The SMILES string of the molecule is COc1cc(C(=O)N[C@@H]2[C@H]3CC[C@@H](C3)[C@@H]2CO)ccc1F. The van der Waals surface area contributed by atoms with E-state index in [0.29, 0.717) is 17.4 Å². The van der Waals surface area contributed by atoms with Crippen LogP contribution in [0.4, 0.5) is 4.39 Å². The molecule has 2 aliphatic rings. The maximum atomic E-state index is 13.4. The predicted molar refractivity (Wildman–Crippen MR) is 75.6 cm³/mol. The lowest BCUT2D eigenvalue weighted by molar-refractivity contribution is 0.0861. The second-order valence-corrected chi connectivity index (χ2v) is 6.03. The lowest BCUT2D eigenvalue weighted by Crippen LogP contribution is -2.45. The van der Waals surface area contributed by atoms with Gasteiger partial charge in [0.05, 0.1) is 7.11 Å². The minimum atomic E-state index is -0.484. The Morgan fingerprint density at radius 3 is 2.90 bits per heavy atom. The maximum absolute atomic E-state index is 13.4. The summed E-state index contributed by atoms with van der Waals surface area (Å²) in [6, 6.07) is 4.12. The number of carbonyl (C=O) groups is 1. The van der Waals surface area contributed by atoms with Crippen LogP contribution in [-0.4, -0.2) is 30.8 Å². The van der Waals surface area contributed by atoms with Gasteiger partial charge in [0.1, 0.15) is 0 Å². The molecule has 4 nitrogen and oxygen atoms in total. The monoisotopic (exact) mass is 293 g/mol. The number of halogens is 1. The van der Waals surface area contributed by atoms with Gasteiger partial charge >= 0.3 is 0 Å². The summed E-state index contributed by atoms with van der Waals surface area (Å²) in [5, 5.41) is 12.6. The van der Waals surface area contributed by atoms with E-state index in [0.717, 1.165) is 19.3 Å². The van der Waals surface area contributed by atoms with E-state index in [1.54, 1.807) is 0 Å². The number of methoxy groups -OCH3 is 1. The van der Waals surface area contributed by atoms with Crippen LogP contribution in [0.1, 0.15) is 29.6 Å². The van der Waals surface area contributed by atoms with E-state index in [1.807, 2.05) is 0 Å². The fourth-order valence-corrected chi connectivity index (χ4v) is 3.93. The van der Waals surface area contributed by atoms with E-state index >= 15 is 0 Å². The van der Waals surface area contributed by atoms with E-state index < -0.39 is 5.82 Å². The van der Waals surface area contributed by atoms with Crippen LogP contribution in [0.3, 0.4) is 0 Å². The quantitative estimate of drug-likeness (QED) is 0.892. The molecule has 0 radical (unpaired) electrons. The third kappa shape index (κ3) is 2.50. The zero-order valence-electron chi connectivity index (χ0n) is 12.0. The largest absolute Gasteiger partial charge is 0.494 e. The molecule has 0 heterocycles. The number of aliphatic hydroxyl groups is 1. The van der Waals surface area contributed by atoms with Gasteiger partial charge in [-0.15, -0.1) is 0 Å². The molecule has 0 spiro atoms. The molecule has 5 heteroatoms. The van der Waals surface area contributed by atoms with Gasteiger partial charge in [0.25, 0.3) is 5.91 Å². The van der Waals surface area contributed by atoms with Crippen molar-refractivity contribution in [3.63, 3.8) is 0 Å². The first-order valence-corrected chi connectivity index (χ1v) is 7.39. The lowest BCUT2D eigenvalue weighted by atomic mass is 9.85. The number of ether oxygens (including phenoxy) is 1. The van der Waals surface area contributed by atoms with Gasteiger partial charge in [-0.2, -0.15) is 0 Å². The molecule has 3 rings (SSSR count). The second-order valence-electron chi connectivity index (χ2n) is 6.03. The van der Waals surface area contributed by atoms with Crippen LogP contribution in [-0.2, 0) is 0 Å². The minimum Gasteiger partial charge on any atom is -0.494 e. The molecule has 2 saturated carbocycles. The summed E-state index contributed by atoms with van der Waals surface area (Å²) in [7, 11) is 1.37. The fraction of sp³-hybridized carbons (Fsp3) is 0.562. The molecule has 1 aromatic rings. The van der Waals surface area contributed by atoms with E-state index in [4.69, 9.17) is 4.74 Å². The van der Waals surface area contributed by atoms with Gasteiger partial charge < -0.3 is 15.2 Å². The van der Waals surface area contributed by atoms with Crippen LogP contribution in [0, 0.1) is 23.6 Å². The zero-order chi connectivity index (χ0) is 15.0. The lowest BCUT2D eigenvalue weighted by Gasteiger charge is -2.30. The van der Waals surface area contributed by atoms with Crippen molar-refractivity contribution < 1.29 is 19.0 Å². The Bertz CT molecular complexity index is 548. The highest BCUT2D eigenvalue weighted by atomic mass is 19.1. The number of benzene rings is 1. The molecule has 0 unspecified atom stereocenters. The molecule has 1 aromatic carbocycles. The number of hydrogen-bond donors (Lipinski definition) is 2. The molecule has 2 aliphatic carbocycles. The number of aliphatic hydroxyl groups excluding tert-OH is 1. The van der Waals surface area contributed by atoms with Crippen LogP contribution in [0.2, 0.25) is 0 Å². The number of hydrogen-bond acceptors (Lipinski definition) is 3. The highest BCUT2D eigenvalue weighted by Crippen LogP contribution is 2.48. The van der Waals surface area contributed by atoms with Crippen molar-refractivity contribution >= 4 is 5.91 Å². The van der Waals surface area contributed by atoms with Gasteiger partial charge in [0.2, 0.25) is 0 Å². The first-order valence-electron chi connectivity index (χ1n) is 7.39. The zero-order valence-corrected chi connectivity index (χ0v) is 12.0. The predicted octanol–water partition coefficient (Wildman–Crippen LogP) is 1.97. The molecule has 2 fully saturated rings. The van der Waals surface area contributed by atoms with Crippen LogP contribution in [0.5, 0.6) is 5.75 Å². The van der Waals surface area contributed by atoms with Gasteiger partial charge in [-0.3, -0.25) is 4.79 Å². The fourth-order valence-electron chi connectivity index (χ4n) is 3.93. The van der Waals surface area contributed by atoms with Crippen molar-refractivity contribution in [2.45, 2.75) is 25.3 Å². The number of rotatable bonds is 4. The summed E-state index contributed by atoms with van der Waals surface area (Å²) in [6.07, 6.45) is 3.34. The van der Waals surface area contributed by atoms with Crippen LogP contribution >= 0.6 is 0 Å². The summed E-state index contributed by atoms with van der Waals surface area (Å²) in [4.78, 5) is 12.3. The van der Waals surface area contributed by atoms with E-state index in [1.165, 1.54) is 25.3 Å². The summed E-state index contributed by atoms with van der Waals surface area (Å²) in [6.45, 7) is 0.110. The van der Waals surface area contributed by atoms with Gasteiger partial charge in [-0.25, -0.2) is 4.39 Å². The molecule has 4 atom stereocenters. The van der Waals surface area contributed by atoms with Crippen molar-refractivity contribution in [2.75, 3.05) is 13.7 Å². The standard InChI is InChI=1S/C16H20FNO3/c1-21-14-7-11(4-5-13(14)17)16(20)18-15-10-3-2-9(6-10)12(15)8-19/h4-5,7,9-10,12,15,19H,2-3,6,8H2,1H3,(H,18,20)/t9-,10-,12-,15+/m0/s1. The highest BCUT2D eigenvalue weighted by Gasteiger charge is 2.47. The molecule has 2 bridgehead atoms. The average Bonchev–Trinajstić information content (AvgIpc) is 3.08. The molecule has 114 valence electrons. The molecule has 0 aliphatic heterocycles. The van der Waals surface area contributed by atoms with Gasteiger partial charge in [-0.1, -0.05) is 0 Å². The Hall–Kier alpha value is -1.62. The van der Waals surface area contributed by atoms with E-state index in [-0.39, 0.29) is 30.2 Å². The van der Waals surface area contributed by atoms with E-state index in [2.05, 4.69) is 5.32 Å². The maximum Gasteiger partial charge on any atom is 0.251 e. The average molecular weight is 293 g/mol. The Morgan fingerprint density at radius 2 is 2.19 bits per heavy atom. The molecular weight excluding hydrogens is 273 g/mol. The van der Waals surface area contributed by atoms with E-state index in [9.17, 15) is 14.3 Å². The highest BCUT2D eigenvalue weighted by molar-refractivity contribution is 5.94. The smallest absolute Gasteiger partial charge is 0.251 e. The molecule has 21 heavy (non-hydrogen) atoms. The van der Waals surface area contributed by atoms with Crippen LogP contribution in [0.15, 0.2) is 18.2 Å². The first kappa shape index (κ1) is 14.3. The Morgan fingerprint density at radius 1 is 1.43 bits per heavy atom. The van der Waals surface area contributed by atoms with Gasteiger partial charge in [-0.05, 0) is 49.3 Å². The topological polar surface area (TPSA) is 58.6 Å². The molecule has 0 saturated heterocycles. The summed E-state index contributed by atoms with van der Waals surface area (Å²) in [5.74, 6) is 0.474. The number of nitrogens with one attached hydrogen (secondary N) is 1. The van der Waals surface area contributed by atoms with Crippen molar-refractivity contribution in [1.82, 2.24) is 5.32 Å².